The quantitative estimate of drug-likeness (QED) is 0.882. The summed E-state index contributed by atoms with van der Waals surface area (Å²) in [5.41, 5.74) is -0.128. The van der Waals surface area contributed by atoms with Crippen LogP contribution in [0.4, 0.5) is 0 Å². The minimum Gasteiger partial charge on any atom is -0.476 e. The van der Waals surface area contributed by atoms with E-state index >= 15 is 0 Å². The van der Waals surface area contributed by atoms with E-state index in [0.29, 0.717) is 17.5 Å². The first-order valence-corrected chi connectivity index (χ1v) is 6.36. The van der Waals surface area contributed by atoms with Gasteiger partial charge in [-0.05, 0) is 11.7 Å². The van der Waals surface area contributed by atoms with Gasteiger partial charge in [-0.2, -0.15) is 11.8 Å². The predicted molar refractivity (Wildman–Crippen MR) is 65.0 cm³/mol. The van der Waals surface area contributed by atoms with Crippen molar-refractivity contribution in [2.45, 2.75) is 19.6 Å². The number of halogens is 1. The van der Waals surface area contributed by atoms with Crippen LogP contribution in [-0.4, -0.2) is 26.8 Å². The van der Waals surface area contributed by atoms with Crippen LogP contribution in [0.3, 0.4) is 0 Å². The van der Waals surface area contributed by atoms with Gasteiger partial charge in [0.2, 0.25) is 0 Å². The second-order valence-corrected chi connectivity index (χ2v) is 5.13. The van der Waals surface area contributed by atoms with Crippen LogP contribution in [0.25, 0.3) is 0 Å². The molecular formula is C10H13ClN2O2S. The standard InChI is InChI=1S/C10H13ClN2O2S/c1-6(2)4-16-5-8-12-3-7(11)9(13-8)10(14)15/h3,6H,4-5H2,1-2H3,(H,14,15). The maximum atomic E-state index is 10.8. The van der Waals surface area contributed by atoms with Crippen molar-refractivity contribution in [3.63, 3.8) is 0 Å². The Hall–Kier alpha value is -0.810. The largest absolute Gasteiger partial charge is 0.476 e. The third kappa shape index (κ3) is 3.98. The first kappa shape index (κ1) is 13.3. The van der Waals surface area contributed by atoms with E-state index in [1.807, 2.05) is 0 Å². The number of hydrogen-bond donors (Lipinski definition) is 1. The van der Waals surface area contributed by atoms with E-state index in [1.165, 1.54) is 6.20 Å². The number of aromatic nitrogens is 2. The summed E-state index contributed by atoms with van der Waals surface area (Å²) in [6.07, 6.45) is 1.34. The lowest BCUT2D eigenvalue weighted by Crippen LogP contribution is -2.06. The number of carbonyl (C=O) groups is 1. The minimum absolute atomic E-state index is 0.0742. The van der Waals surface area contributed by atoms with Gasteiger partial charge in [-0.3, -0.25) is 0 Å². The Kier molecular flexibility index (Phi) is 5.02. The molecule has 0 aromatic carbocycles. The second kappa shape index (κ2) is 6.06. The Morgan fingerprint density at radius 2 is 2.31 bits per heavy atom. The normalized spacial score (nSPS) is 10.8. The summed E-state index contributed by atoms with van der Waals surface area (Å²) in [4.78, 5) is 18.7. The lowest BCUT2D eigenvalue weighted by molar-refractivity contribution is 0.0690. The molecule has 0 aliphatic carbocycles. The third-order valence-corrected chi connectivity index (χ3v) is 3.32. The van der Waals surface area contributed by atoms with Crippen molar-refractivity contribution in [2.75, 3.05) is 5.75 Å². The lowest BCUT2D eigenvalue weighted by atomic mass is 10.3. The molecule has 1 aromatic heterocycles. The van der Waals surface area contributed by atoms with Gasteiger partial charge < -0.3 is 5.11 Å². The molecule has 0 aliphatic rings. The SMILES string of the molecule is CC(C)CSCc1ncc(Cl)c(C(=O)O)n1. The molecule has 4 nitrogen and oxygen atoms in total. The van der Waals surface area contributed by atoms with Crippen LogP contribution in [0.2, 0.25) is 5.02 Å². The number of carboxylic acids is 1. The van der Waals surface area contributed by atoms with Crippen LogP contribution < -0.4 is 0 Å². The molecule has 0 saturated carbocycles. The molecule has 1 heterocycles. The van der Waals surface area contributed by atoms with Crippen LogP contribution in [0.1, 0.15) is 30.2 Å². The highest BCUT2D eigenvalue weighted by Gasteiger charge is 2.12. The molecule has 1 rings (SSSR count). The number of hydrogen-bond acceptors (Lipinski definition) is 4. The van der Waals surface area contributed by atoms with E-state index in [2.05, 4.69) is 23.8 Å². The van der Waals surface area contributed by atoms with Crippen molar-refractivity contribution >= 4 is 29.3 Å². The molecule has 0 aliphatic heterocycles. The smallest absolute Gasteiger partial charge is 0.356 e. The zero-order chi connectivity index (χ0) is 12.1. The third-order valence-electron chi connectivity index (χ3n) is 1.68. The van der Waals surface area contributed by atoms with E-state index < -0.39 is 5.97 Å². The first-order chi connectivity index (χ1) is 7.50. The number of thioether (sulfide) groups is 1. The highest BCUT2D eigenvalue weighted by molar-refractivity contribution is 7.98. The lowest BCUT2D eigenvalue weighted by Gasteiger charge is -2.04. The molecule has 88 valence electrons. The molecule has 16 heavy (non-hydrogen) atoms. The molecule has 0 saturated heterocycles. The molecule has 0 bridgehead atoms. The molecule has 0 fully saturated rings. The summed E-state index contributed by atoms with van der Waals surface area (Å²) >= 11 is 7.34. The van der Waals surface area contributed by atoms with E-state index in [9.17, 15) is 4.79 Å². The molecule has 1 aromatic rings. The molecule has 0 amide bonds. The van der Waals surface area contributed by atoms with Crippen LogP contribution >= 0.6 is 23.4 Å². The average molecular weight is 261 g/mol. The van der Waals surface area contributed by atoms with Gasteiger partial charge in [0.15, 0.2) is 5.69 Å². The molecular weight excluding hydrogens is 248 g/mol. The zero-order valence-corrected chi connectivity index (χ0v) is 10.7. The van der Waals surface area contributed by atoms with Gasteiger partial charge >= 0.3 is 5.97 Å². The Balaban J connectivity index is 2.68. The summed E-state index contributed by atoms with van der Waals surface area (Å²) in [5, 5.41) is 8.90. The molecule has 1 N–H and O–H groups in total. The fraction of sp³-hybridized carbons (Fsp3) is 0.500. The van der Waals surface area contributed by atoms with Gasteiger partial charge in [0.1, 0.15) is 5.82 Å². The van der Waals surface area contributed by atoms with Crippen LogP contribution in [0.15, 0.2) is 6.20 Å². The summed E-state index contributed by atoms with van der Waals surface area (Å²) in [5.74, 6) is 1.58. The maximum absolute atomic E-state index is 10.8. The second-order valence-electron chi connectivity index (χ2n) is 3.70. The number of carboxylic acid groups (broad SMARTS) is 1. The van der Waals surface area contributed by atoms with E-state index in [0.717, 1.165) is 5.75 Å². The van der Waals surface area contributed by atoms with Gasteiger partial charge in [0.25, 0.3) is 0 Å². The molecule has 0 radical (unpaired) electrons. The number of nitrogens with zero attached hydrogens (tertiary/aromatic N) is 2. The van der Waals surface area contributed by atoms with Gasteiger partial charge in [-0.1, -0.05) is 25.4 Å². The van der Waals surface area contributed by atoms with E-state index in [4.69, 9.17) is 16.7 Å². The molecule has 0 spiro atoms. The van der Waals surface area contributed by atoms with E-state index in [1.54, 1.807) is 11.8 Å². The topological polar surface area (TPSA) is 63.1 Å². The summed E-state index contributed by atoms with van der Waals surface area (Å²) < 4.78 is 0. The van der Waals surface area contributed by atoms with Crippen molar-refractivity contribution in [3.8, 4) is 0 Å². The molecule has 0 atom stereocenters. The average Bonchev–Trinajstić information content (AvgIpc) is 2.19. The van der Waals surface area contributed by atoms with Gasteiger partial charge in [0, 0.05) is 0 Å². The number of rotatable bonds is 5. The van der Waals surface area contributed by atoms with Crippen molar-refractivity contribution < 1.29 is 9.90 Å². The molecule has 6 heteroatoms. The van der Waals surface area contributed by atoms with Crippen LogP contribution in [0.5, 0.6) is 0 Å². The highest BCUT2D eigenvalue weighted by atomic mass is 35.5. The van der Waals surface area contributed by atoms with Gasteiger partial charge in [0.05, 0.1) is 17.0 Å². The van der Waals surface area contributed by atoms with Crippen molar-refractivity contribution in [1.82, 2.24) is 9.97 Å². The monoisotopic (exact) mass is 260 g/mol. The summed E-state index contributed by atoms with van der Waals surface area (Å²) in [7, 11) is 0. The maximum Gasteiger partial charge on any atom is 0.356 e. The Morgan fingerprint density at radius 1 is 1.62 bits per heavy atom. The van der Waals surface area contributed by atoms with Crippen LogP contribution in [0, 0.1) is 5.92 Å². The van der Waals surface area contributed by atoms with Gasteiger partial charge in [-0.15, -0.1) is 0 Å². The zero-order valence-electron chi connectivity index (χ0n) is 9.11. The minimum atomic E-state index is -1.12. The fourth-order valence-electron chi connectivity index (χ4n) is 1.01. The Labute approximate surface area is 103 Å². The van der Waals surface area contributed by atoms with Crippen molar-refractivity contribution in [3.05, 3.63) is 22.7 Å². The number of aromatic carboxylic acids is 1. The van der Waals surface area contributed by atoms with Gasteiger partial charge in [-0.25, -0.2) is 14.8 Å². The Bertz CT molecular complexity index is 385. The van der Waals surface area contributed by atoms with Crippen molar-refractivity contribution in [1.29, 1.82) is 0 Å². The van der Waals surface area contributed by atoms with Crippen molar-refractivity contribution in [2.24, 2.45) is 5.92 Å². The van der Waals surface area contributed by atoms with Crippen LogP contribution in [-0.2, 0) is 5.75 Å². The summed E-state index contributed by atoms with van der Waals surface area (Å²) in [6.45, 7) is 4.25. The van der Waals surface area contributed by atoms with E-state index in [-0.39, 0.29) is 10.7 Å². The Morgan fingerprint density at radius 3 is 2.88 bits per heavy atom. The highest BCUT2D eigenvalue weighted by Crippen LogP contribution is 2.16. The predicted octanol–water partition coefficient (Wildman–Crippen LogP) is 2.72. The summed E-state index contributed by atoms with van der Waals surface area (Å²) in [6, 6.07) is 0. The first-order valence-electron chi connectivity index (χ1n) is 4.83. The molecule has 0 unspecified atom stereocenters. The fourth-order valence-corrected chi connectivity index (χ4v) is 2.09.